The smallest absolute Gasteiger partial charge is 0.416 e. The molecule has 0 radical (unpaired) electrons. The lowest BCUT2D eigenvalue weighted by atomic mass is 10.1. The SMILES string of the molecule is COc1cc(-c2nnc(SCc3ccc(C(F)(F)F)cc3)o2)cc(OC)c1OC. The maximum atomic E-state index is 12.6. The number of ether oxygens (including phenoxy) is 3. The van der Waals surface area contributed by atoms with E-state index in [2.05, 4.69) is 10.2 Å². The fourth-order valence-electron chi connectivity index (χ4n) is 2.52. The predicted octanol–water partition coefficient (Wildman–Crippen LogP) is 5.07. The molecule has 29 heavy (non-hydrogen) atoms. The molecule has 3 rings (SSSR count). The van der Waals surface area contributed by atoms with Crippen LogP contribution in [-0.2, 0) is 11.9 Å². The van der Waals surface area contributed by atoms with Gasteiger partial charge >= 0.3 is 6.18 Å². The van der Waals surface area contributed by atoms with Gasteiger partial charge in [0.25, 0.3) is 5.22 Å². The van der Waals surface area contributed by atoms with Crippen LogP contribution in [-0.4, -0.2) is 31.5 Å². The van der Waals surface area contributed by atoms with Crippen LogP contribution >= 0.6 is 11.8 Å². The van der Waals surface area contributed by atoms with Crippen molar-refractivity contribution < 1.29 is 31.8 Å². The standard InChI is InChI=1S/C19H17F3N2O4S/c1-25-14-8-12(9-15(26-2)16(14)27-3)17-23-24-18(28-17)29-10-11-4-6-13(7-5-11)19(20,21)22/h4-9H,10H2,1-3H3. The average molecular weight is 426 g/mol. The first kappa shape index (κ1) is 20.8. The number of benzene rings is 2. The Labute approximate surface area is 169 Å². The van der Waals surface area contributed by atoms with Crippen molar-refractivity contribution in [1.82, 2.24) is 10.2 Å². The second-order valence-electron chi connectivity index (χ2n) is 5.77. The van der Waals surface area contributed by atoms with Gasteiger partial charge in [0.05, 0.1) is 26.9 Å². The van der Waals surface area contributed by atoms with Gasteiger partial charge in [-0.05, 0) is 29.8 Å². The Balaban J connectivity index is 1.74. The van der Waals surface area contributed by atoms with E-state index in [9.17, 15) is 13.2 Å². The minimum absolute atomic E-state index is 0.249. The molecule has 0 saturated heterocycles. The van der Waals surface area contributed by atoms with Crippen LogP contribution in [0.1, 0.15) is 11.1 Å². The fourth-order valence-corrected chi connectivity index (χ4v) is 3.24. The molecule has 0 unspecified atom stereocenters. The number of aromatic nitrogens is 2. The molecule has 0 spiro atoms. The van der Waals surface area contributed by atoms with Crippen molar-refractivity contribution in [2.24, 2.45) is 0 Å². The number of hydrogen-bond donors (Lipinski definition) is 0. The zero-order chi connectivity index (χ0) is 21.0. The molecule has 3 aromatic rings. The highest BCUT2D eigenvalue weighted by Crippen LogP contribution is 2.41. The number of thioether (sulfide) groups is 1. The van der Waals surface area contributed by atoms with Gasteiger partial charge in [-0.1, -0.05) is 23.9 Å². The Morgan fingerprint density at radius 2 is 1.55 bits per heavy atom. The molecule has 2 aromatic carbocycles. The fraction of sp³-hybridized carbons (Fsp3) is 0.263. The Morgan fingerprint density at radius 3 is 2.07 bits per heavy atom. The third kappa shape index (κ3) is 4.76. The number of rotatable bonds is 7. The molecular formula is C19H17F3N2O4S. The molecule has 0 aliphatic heterocycles. The van der Waals surface area contributed by atoms with Crippen LogP contribution in [0.4, 0.5) is 13.2 Å². The Kier molecular flexibility index (Phi) is 6.21. The van der Waals surface area contributed by atoms with E-state index in [1.807, 2.05) is 0 Å². The zero-order valence-corrected chi connectivity index (χ0v) is 16.6. The largest absolute Gasteiger partial charge is 0.493 e. The second kappa shape index (κ2) is 8.64. The van der Waals surface area contributed by atoms with E-state index in [-0.39, 0.29) is 11.1 Å². The summed E-state index contributed by atoms with van der Waals surface area (Å²) in [6.07, 6.45) is -4.35. The van der Waals surface area contributed by atoms with Crippen molar-refractivity contribution in [2.75, 3.05) is 21.3 Å². The Hall–Kier alpha value is -2.88. The highest BCUT2D eigenvalue weighted by Gasteiger charge is 2.29. The molecule has 0 bridgehead atoms. The van der Waals surface area contributed by atoms with E-state index >= 15 is 0 Å². The molecule has 0 aliphatic rings. The van der Waals surface area contributed by atoms with E-state index in [1.165, 1.54) is 45.2 Å². The van der Waals surface area contributed by atoms with Crippen LogP contribution in [0.5, 0.6) is 17.2 Å². The van der Waals surface area contributed by atoms with Gasteiger partial charge < -0.3 is 18.6 Å². The molecule has 1 heterocycles. The van der Waals surface area contributed by atoms with Gasteiger partial charge in [0.15, 0.2) is 11.5 Å². The zero-order valence-electron chi connectivity index (χ0n) is 15.7. The lowest BCUT2D eigenvalue weighted by Gasteiger charge is -2.12. The molecular weight excluding hydrogens is 409 g/mol. The Morgan fingerprint density at radius 1 is 0.931 bits per heavy atom. The van der Waals surface area contributed by atoms with Gasteiger partial charge in [-0.2, -0.15) is 13.2 Å². The maximum Gasteiger partial charge on any atom is 0.416 e. The lowest BCUT2D eigenvalue weighted by molar-refractivity contribution is -0.137. The molecule has 0 amide bonds. The molecule has 10 heteroatoms. The Bertz CT molecular complexity index is 949. The van der Waals surface area contributed by atoms with Crippen LogP contribution in [0.3, 0.4) is 0 Å². The van der Waals surface area contributed by atoms with Crippen LogP contribution in [0.15, 0.2) is 46.0 Å². The van der Waals surface area contributed by atoms with Gasteiger partial charge in [-0.15, -0.1) is 10.2 Å². The van der Waals surface area contributed by atoms with Crippen LogP contribution in [0.25, 0.3) is 11.5 Å². The summed E-state index contributed by atoms with van der Waals surface area (Å²) >= 11 is 1.22. The van der Waals surface area contributed by atoms with Crippen molar-refractivity contribution in [3.63, 3.8) is 0 Å². The minimum atomic E-state index is -4.35. The number of halogens is 3. The van der Waals surface area contributed by atoms with E-state index in [0.717, 1.165) is 12.1 Å². The van der Waals surface area contributed by atoms with Crippen molar-refractivity contribution in [3.8, 4) is 28.7 Å². The minimum Gasteiger partial charge on any atom is -0.493 e. The van der Waals surface area contributed by atoms with Gasteiger partial charge in [0.1, 0.15) is 0 Å². The molecule has 154 valence electrons. The van der Waals surface area contributed by atoms with Crippen molar-refractivity contribution in [1.29, 1.82) is 0 Å². The average Bonchev–Trinajstić information content (AvgIpc) is 3.19. The van der Waals surface area contributed by atoms with Crippen LogP contribution in [0, 0.1) is 0 Å². The maximum absolute atomic E-state index is 12.6. The monoisotopic (exact) mass is 426 g/mol. The predicted molar refractivity (Wildman–Crippen MR) is 100 cm³/mol. The van der Waals surface area contributed by atoms with E-state index < -0.39 is 11.7 Å². The van der Waals surface area contributed by atoms with Gasteiger partial charge in [0, 0.05) is 11.3 Å². The van der Waals surface area contributed by atoms with Crippen LogP contribution in [0.2, 0.25) is 0 Å². The first-order chi connectivity index (χ1) is 13.9. The summed E-state index contributed by atoms with van der Waals surface area (Å²) in [5, 5.41) is 8.27. The summed E-state index contributed by atoms with van der Waals surface area (Å²) in [5.74, 6) is 1.96. The van der Waals surface area contributed by atoms with Gasteiger partial charge in [-0.25, -0.2) is 0 Å². The van der Waals surface area contributed by atoms with E-state index in [0.29, 0.717) is 34.1 Å². The summed E-state index contributed by atoms with van der Waals surface area (Å²) in [5.41, 5.74) is 0.595. The molecule has 0 saturated carbocycles. The number of nitrogens with zero attached hydrogens (tertiary/aromatic N) is 2. The topological polar surface area (TPSA) is 66.6 Å². The summed E-state index contributed by atoms with van der Waals surface area (Å²) in [6, 6.07) is 8.30. The van der Waals surface area contributed by atoms with Crippen LogP contribution < -0.4 is 14.2 Å². The summed E-state index contributed by atoms with van der Waals surface area (Å²) < 4.78 is 59.4. The molecule has 1 aromatic heterocycles. The lowest BCUT2D eigenvalue weighted by Crippen LogP contribution is -2.04. The molecule has 6 nitrogen and oxygen atoms in total. The van der Waals surface area contributed by atoms with Crippen molar-refractivity contribution in [3.05, 3.63) is 47.5 Å². The second-order valence-corrected chi connectivity index (χ2v) is 6.70. The third-order valence-corrected chi connectivity index (χ3v) is 4.85. The van der Waals surface area contributed by atoms with Crippen molar-refractivity contribution in [2.45, 2.75) is 17.2 Å². The third-order valence-electron chi connectivity index (χ3n) is 3.96. The first-order valence-corrected chi connectivity index (χ1v) is 9.27. The highest BCUT2D eigenvalue weighted by molar-refractivity contribution is 7.98. The quantitative estimate of drug-likeness (QED) is 0.489. The first-order valence-electron chi connectivity index (χ1n) is 8.28. The summed E-state index contributed by atoms with van der Waals surface area (Å²) in [4.78, 5) is 0. The molecule has 0 fully saturated rings. The molecule has 0 N–H and O–H groups in total. The van der Waals surface area contributed by atoms with Gasteiger partial charge in [-0.3, -0.25) is 0 Å². The highest BCUT2D eigenvalue weighted by atomic mass is 32.2. The normalized spacial score (nSPS) is 11.4. The summed E-state index contributed by atoms with van der Waals surface area (Å²) in [7, 11) is 4.50. The molecule has 0 aliphatic carbocycles. The van der Waals surface area contributed by atoms with Gasteiger partial charge in [0.2, 0.25) is 11.6 Å². The molecule has 0 atom stereocenters. The number of hydrogen-bond acceptors (Lipinski definition) is 7. The van der Waals surface area contributed by atoms with E-state index in [4.69, 9.17) is 18.6 Å². The van der Waals surface area contributed by atoms with Crippen molar-refractivity contribution >= 4 is 11.8 Å². The summed E-state index contributed by atoms with van der Waals surface area (Å²) in [6.45, 7) is 0. The number of methoxy groups -OCH3 is 3. The van der Waals surface area contributed by atoms with E-state index in [1.54, 1.807) is 12.1 Å². The number of alkyl halides is 3.